The number of anilines is 2. The van der Waals surface area contributed by atoms with Crippen molar-refractivity contribution in [2.75, 3.05) is 42.9 Å². The molecule has 1 amide bonds. The predicted molar refractivity (Wildman–Crippen MR) is 108 cm³/mol. The number of aromatic nitrogens is 1. The van der Waals surface area contributed by atoms with Crippen molar-refractivity contribution >= 4 is 17.4 Å². The van der Waals surface area contributed by atoms with Crippen LogP contribution in [0.3, 0.4) is 0 Å². The molecule has 0 bridgehead atoms. The van der Waals surface area contributed by atoms with E-state index in [0.29, 0.717) is 5.82 Å². The Bertz CT molecular complexity index is 785. The Kier molecular flexibility index (Phi) is 5.36. The van der Waals surface area contributed by atoms with Gasteiger partial charge in [0.1, 0.15) is 5.82 Å². The van der Waals surface area contributed by atoms with Crippen LogP contribution in [-0.2, 0) is 17.8 Å². The number of benzene rings is 1. The van der Waals surface area contributed by atoms with Gasteiger partial charge in [0, 0.05) is 39.3 Å². The smallest absolute Gasteiger partial charge is 0.242 e. The van der Waals surface area contributed by atoms with Gasteiger partial charge in [0.05, 0.1) is 17.9 Å². The molecule has 1 aromatic carbocycles. The van der Waals surface area contributed by atoms with Crippen LogP contribution < -0.4 is 15.5 Å². The van der Waals surface area contributed by atoms with Crippen LogP contribution in [-0.4, -0.2) is 54.6 Å². The van der Waals surface area contributed by atoms with Gasteiger partial charge in [-0.25, -0.2) is 4.98 Å². The first-order chi connectivity index (χ1) is 13.2. The summed E-state index contributed by atoms with van der Waals surface area (Å²) in [5, 5.41) is 6.32. The van der Waals surface area contributed by atoms with E-state index in [0.717, 1.165) is 51.4 Å². The summed E-state index contributed by atoms with van der Waals surface area (Å²) in [5.74, 6) is 0.611. The van der Waals surface area contributed by atoms with Crippen LogP contribution >= 0.6 is 0 Å². The first-order valence-electron chi connectivity index (χ1n) is 9.74. The number of carbonyl (C=O) groups is 1. The summed E-state index contributed by atoms with van der Waals surface area (Å²) in [6.07, 6.45) is 2.84. The fourth-order valence-corrected chi connectivity index (χ4v) is 3.81. The van der Waals surface area contributed by atoms with Crippen LogP contribution in [0, 0.1) is 0 Å². The maximum absolute atomic E-state index is 12.7. The molecule has 6 nitrogen and oxygen atoms in total. The molecule has 27 heavy (non-hydrogen) atoms. The summed E-state index contributed by atoms with van der Waals surface area (Å²) in [6, 6.07) is 12.2. The third-order valence-electron chi connectivity index (χ3n) is 5.57. The van der Waals surface area contributed by atoms with Crippen LogP contribution in [0.15, 0.2) is 42.6 Å². The summed E-state index contributed by atoms with van der Waals surface area (Å²) in [4.78, 5) is 21.7. The largest absolute Gasteiger partial charge is 0.368 e. The molecule has 4 rings (SSSR count). The van der Waals surface area contributed by atoms with Crippen molar-refractivity contribution in [2.24, 2.45) is 0 Å². The fraction of sp³-hybridized carbons (Fsp3) is 0.429. The third-order valence-corrected chi connectivity index (χ3v) is 5.57. The average Bonchev–Trinajstić information content (AvgIpc) is 2.74. The summed E-state index contributed by atoms with van der Waals surface area (Å²) in [7, 11) is 0. The van der Waals surface area contributed by atoms with E-state index in [-0.39, 0.29) is 11.9 Å². The highest BCUT2D eigenvalue weighted by atomic mass is 16.2. The zero-order valence-electron chi connectivity index (χ0n) is 15.8. The fourth-order valence-electron chi connectivity index (χ4n) is 3.81. The number of nitrogens with one attached hydrogen (secondary N) is 2. The second kappa shape index (κ2) is 8.06. The molecule has 1 aromatic heterocycles. The molecule has 1 atom stereocenters. The second-order valence-electron chi connectivity index (χ2n) is 7.29. The van der Waals surface area contributed by atoms with Crippen LogP contribution in [0.2, 0.25) is 0 Å². The van der Waals surface area contributed by atoms with Gasteiger partial charge in [0.25, 0.3) is 0 Å². The number of fused-ring (bicyclic) bond motifs is 1. The lowest BCUT2D eigenvalue weighted by Gasteiger charge is -2.32. The van der Waals surface area contributed by atoms with Gasteiger partial charge in [-0.3, -0.25) is 9.69 Å². The highest BCUT2D eigenvalue weighted by Gasteiger charge is 2.25. The lowest BCUT2D eigenvalue weighted by Crippen LogP contribution is -2.44. The predicted octanol–water partition coefficient (Wildman–Crippen LogP) is 1.88. The Balaban J connectivity index is 1.36. The van der Waals surface area contributed by atoms with E-state index in [4.69, 9.17) is 0 Å². The minimum atomic E-state index is -0.187. The van der Waals surface area contributed by atoms with E-state index >= 15 is 0 Å². The topological polar surface area (TPSA) is 60.5 Å². The number of pyridine rings is 1. The minimum absolute atomic E-state index is 0.00296. The number of piperazine rings is 1. The van der Waals surface area contributed by atoms with E-state index in [1.54, 1.807) is 0 Å². The van der Waals surface area contributed by atoms with Crippen LogP contribution in [0.1, 0.15) is 18.1 Å². The summed E-state index contributed by atoms with van der Waals surface area (Å²) >= 11 is 0. The standard InChI is InChI=1S/C21H27N5O/c1-16(26-11-8-17-4-2-3-5-18(17)15-26)21(27)24-20-7-6-19(14-23-20)25-12-9-22-10-13-25/h2-7,14,16,22H,8-13,15H2,1H3,(H,23,24,27). The number of hydrogen-bond donors (Lipinski definition) is 2. The van der Waals surface area contributed by atoms with Crippen molar-refractivity contribution < 1.29 is 4.79 Å². The first kappa shape index (κ1) is 17.9. The molecule has 0 radical (unpaired) electrons. The molecular formula is C21H27N5O. The number of amides is 1. The Labute approximate surface area is 160 Å². The number of rotatable bonds is 4. The van der Waals surface area contributed by atoms with Crippen LogP contribution in [0.25, 0.3) is 0 Å². The van der Waals surface area contributed by atoms with E-state index < -0.39 is 0 Å². The first-order valence-corrected chi connectivity index (χ1v) is 9.74. The van der Waals surface area contributed by atoms with Crippen LogP contribution in [0.5, 0.6) is 0 Å². The third kappa shape index (κ3) is 4.12. The number of nitrogens with zero attached hydrogens (tertiary/aromatic N) is 3. The zero-order valence-corrected chi connectivity index (χ0v) is 15.8. The SMILES string of the molecule is CC(C(=O)Nc1ccc(N2CCNCC2)cn1)N1CCc2ccccc2C1. The lowest BCUT2D eigenvalue weighted by atomic mass is 9.99. The van der Waals surface area contributed by atoms with Gasteiger partial charge < -0.3 is 15.5 Å². The molecule has 142 valence electrons. The molecule has 1 unspecified atom stereocenters. The summed E-state index contributed by atoms with van der Waals surface area (Å²) in [5.41, 5.74) is 3.82. The van der Waals surface area contributed by atoms with Crippen LogP contribution in [0.4, 0.5) is 11.5 Å². The molecule has 1 fully saturated rings. The Morgan fingerprint density at radius 1 is 1.11 bits per heavy atom. The maximum atomic E-state index is 12.7. The van der Waals surface area contributed by atoms with Gasteiger partial charge in [-0.15, -0.1) is 0 Å². The van der Waals surface area contributed by atoms with Gasteiger partial charge in [-0.1, -0.05) is 24.3 Å². The molecule has 2 N–H and O–H groups in total. The van der Waals surface area contributed by atoms with Gasteiger partial charge in [-0.2, -0.15) is 0 Å². The van der Waals surface area contributed by atoms with E-state index in [1.807, 2.05) is 25.3 Å². The highest BCUT2D eigenvalue weighted by Crippen LogP contribution is 2.21. The molecule has 2 aliphatic heterocycles. The van der Waals surface area contributed by atoms with Crippen molar-refractivity contribution in [1.29, 1.82) is 0 Å². The highest BCUT2D eigenvalue weighted by molar-refractivity contribution is 5.93. The molecule has 2 aromatic rings. The summed E-state index contributed by atoms with van der Waals surface area (Å²) in [6.45, 7) is 7.66. The molecule has 0 aliphatic carbocycles. The molecule has 1 saturated heterocycles. The molecule has 0 saturated carbocycles. The molecule has 2 aliphatic rings. The summed E-state index contributed by atoms with van der Waals surface area (Å²) < 4.78 is 0. The van der Waals surface area contributed by atoms with E-state index in [1.165, 1.54) is 11.1 Å². The maximum Gasteiger partial charge on any atom is 0.242 e. The lowest BCUT2D eigenvalue weighted by molar-refractivity contribution is -0.121. The molecular weight excluding hydrogens is 338 g/mol. The molecule has 0 spiro atoms. The van der Waals surface area contributed by atoms with Crippen molar-refractivity contribution in [3.63, 3.8) is 0 Å². The zero-order chi connectivity index (χ0) is 18.6. The van der Waals surface area contributed by atoms with Gasteiger partial charge in [-0.05, 0) is 36.6 Å². The Morgan fingerprint density at radius 3 is 2.63 bits per heavy atom. The van der Waals surface area contributed by atoms with Crippen molar-refractivity contribution in [3.8, 4) is 0 Å². The normalized spacial score (nSPS) is 18.6. The minimum Gasteiger partial charge on any atom is -0.368 e. The average molecular weight is 365 g/mol. The van der Waals surface area contributed by atoms with Gasteiger partial charge >= 0.3 is 0 Å². The van der Waals surface area contributed by atoms with Gasteiger partial charge in [0.15, 0.2) is 0 Å². The number of carbonyl (C=O) groups excluding carboxylic acids is 1. The number of hydrogen-bond acceptors (Lipinski definition) is 5. The quantitative estimate of drug-likeness (QED) is 0.866. The van der Waals surface area contributed by atoms with Crippen molar-refractivity contribution in [2.45, 2.75) is 25.9 Å². The van der Waals surface area contributed by atoms with Gasteiger partial charge in [0.2, 0.25) is 5.91 Å². The van der Waals surface area contributed by atoms with E-state index in [2.05, 4.69) is 49.7 Å². The molecule has 3 heterocycles. The van der Waals surface area contributed by atoms with E-state index in [9.17, 15) is 4.79 Å². The second-order valence-corrected chi connectivity index (χ2v) is 7.29. The molecule has 6 heteroatoms. The Hall–Kier alpha value is -2.44. The Morgan fingerprint density at radius 2 is 1.89 bits per heavy atom. The monoisotopic (exact) mass is 365 g/mol. The van der Waals surface area contributed by atoms with Crippen molar-refractivity contribution in [3.05, 3.63) is 53.7 Å². The van der Waals surface area contributed by atoms with Crippen molar-refractivity contribution in [1.82, 2.24) is 15.2 Å².